The van der Waals surface area contributed by atoms with Gasteiger partial charge >= 0.3 is 42.9 Å². The van der Waals surface area contributed by atoms with E-state index in [9.17, 15) is 48.8 Å². The van der Waals surface area contributed by atoms with Crippen molar-refractivity contribution in [2.75, 3.05) is 13.2 Å². The minimum absolute atomic E-state index is 0. The number of carbonyl (C=O) groups excluding carboxylic acids is 2. The molecule has 0 aliphatic carbocycles. The number of allylic oxidation sites excluding steroid dienone is 3. The van der Waals surface area contributed by atoms with Crippen molar-refractivity contribution in [1.82, 2.24) is 9.79 Å². The van der Waals surface area contributed by atoms with Crippen molar-refractivity contribution in [3.8, 4) is 22.1 Å². The van der Waals surface area contributed by atoms with Crippen molar-refractivity contribution < 1.29 is 87.8 Å². The molecular weight excluding hydrogens is 786 g/mol. The summed E-state index contributed by atoms with van der Waals surface area (Å²) in [5.41, 5.74) is 2.85. The van der Waals surface area contributed by atoms with Crippen LogP contribution in [0.1, 0.15) is 36.9 Å². The summed E-state index contributed by atoms with van der Waals surface area (Å²) in [6.45, 7) is -0.0998. The first-order valence-electron chi connectivity index (χ1n) is 15.9. The molecule has 1 N–H and O–H groups in total. The molecule has 0 fully saturated rings. The topological polar surface area (TPSA) is 139 Å². The van der Waals surface area contributed by atoms with Crippen molar-refractivity contribution in [3.05, 3.63) is 112 Å². The van der Waals surface area contributed by atoms with E-state index in [0.717, 1.165) is 20.5 Å². The molecule has 0 spiro atoms. The van der Waals surface area contributed by atoms with Gasteiger partial charge in [-0.15, -0.1) is 11.3 Å². The fraction of sp³-hybridized carbons (Fsp3) is 0.171. The number of thiophene rings is 1. The van der Waals surface area contributed by atoms with E-state index in [-0.39, 0.29) is 49.1 Å². The van der Waals surface area contributed by atoms with E-state index in [0.29, 0.717) is 35.7 Å². The molecule has 20 heteroatoms. The summed E-state index contributed by atoms with van der Waals surface area (Å²) in [5.74, 6) is -12.8. The van der Waals surface area contributed by atoms with Crippen LogP contribution >= 0.6 is 11.3 Å². The molecule has 4 aromatic rings. The summed E-state index contributed by atoms with van der Waals surface area (Å²) in [6.07, 6.45) is 8.98. The summed E-state index contributed by atoms with van der Waals surface area (Å²) in [6, 6.07) is 13.7. The van der Waals surface area contributed by atoms with Gasteiger partial charge in [0.1, 0.15) is 20.8 Å². The number of aromatic nitrogens is 1. The molecule has 3 heterocycles. The Hall–Kier alpha value is -4.40. The van der Waals surface area contributed by atoms with Gasteiger partial charge in [0.05, 0.1) is 11.4 Å². The summed E-state index contributed by atoms with van der Waals surface area (Å²) in [4.78, 5) is 26.8. The summed E-state index contributed by atoms with van der Waals surface area (Å²) < 4.78 is 127. The third kappa shape index (κ3) is 11.3. The number of amides is 1. The van der Waals surface area contributed by atoms with Crippen LogP contribution in [0.3, 0.4) is 0 Å². The molecule has 2 aromatic carbocycles. The minimum atomic E-state index is -5.90. The number of unbranched alkanes of at least 4 members (excludes halogenated alkanes) is 2. The second-order valence-electron chi connectivity index (χ2n) is 11.4. The molecule has 10 nitrogen and oxygen atoms in total. The van der Waals surface area contributed by atoms with Gasteiger partial charge in [-0.3, -0.25) is 23.2 Å². The molecule has 1 amide bonds. The van der Waals surface area contributed by atoms with Crippen LogP contribution in [0.25, 0.3) is 22.7 Å². The number of nitrogens with one attached hydrogen (secondary N) is 1. The number of nitrogens with zero attached hydrogens (tertiary/aromatic N) is 2. The first-order valence-corrected chi connectivity index (χ1v) is 18.2. The number of ether oxygens (including phenoxy) is 2. The predicted octanol–water partition coefficient (Wildman–Crippen LogP) is 4.18. The number of halogens is 6. The van der Waals surface area contributed by atoms with Gasteiger partial charge in [0.2, 0.25) is 17.4 Å². The van der Waals surface area contributed by atoms with Gasteiger partial charge in [-0.25, -0.2) is 17.2 Å². The van der Waals surface area contributed by atoms with Gasteiger partial charge in [0.15, 0.2) is 18.2 Å². The predicted molar refractivity (Wildman–Crippen MR) is 188 cm³/mol. The zero-order valence-corrected chi connectivity index (χ0v) is 32.4. The maximum atomic E-state index is 14.0. The smallest absolute Gasteiger partial charge is 0.744 e. The number of hydrogen-bond donors (Lipinski definition) is 1. The molecule has 0 saturated heterocycles. The van der Waals surface area contributed by atoms with E-state index < -0.39 is 69.7 Å². The molecule has 0 atom stereocenters. The monoisotopic (exact) mass is 813 g/mol. The van der Waals surface area contributed by atoms with E-state index in [2.05, 4.69) is 15.0 Å². The Kier molecular flexibility index (Phi) is 15.3. The van der Waals surface area contributed by atoms with Gasteiger partial charge < -0.3 is 23.8 Å². The van der Waals surface area contributed by atoms with E-state index in [1.807, 2.05) is 17.5 Å². The molecular formula is C35H27BF6N3NaO7S2. The zero-order valence-electron chi connectivity index (χ0n) is 28.7. The molecule has 0 bridgehead atoms. The Morgan fingerprint density at radius 1 is 0.945 bits per heavy atom. The van der Waals surface area contributed by atoms with Crippen molar-refractivity contribution in [1.29, 1.82) is 0 Å². The largest absolute Gasteiger partial charge is 1.00 e. The molecule has 1 aliphatic heterocycles. The first-order chi connectivity index (χ1) is 25.7. The van der Waals surface area contributed by atoms with Gasteiger partial charge in [0, 0.05) is 29.8 Å². The van der Waals surface area contributed by atoms with Crippen LogP contribution in [-0.4, -0.2) is 56.1 Å². The van der Waals surface area contributed by atoms with Crippen LogP contribution in [0.4, 0.5) is 26.2 Å². The summed E-state index contributed by atoms with van der Waals surface area (Å²) in [5, 5.41) is 4.44. The van der Waals surface area contributed by atoms with E-state index in [4.69, 9.17) is 4.74 Å². The maximum absolute atomic E-state index is 14.0. The Balaban J connectivity index is 0.00000673. The normalized spacial score (nSPS) is 13.2. The Bertz CT molecular complexity index is 2230. The van der Waals surface area contributed by atoms with Crippen molar-refractivity contribution >= 4 is 59.1 Å². The number of hydrogen-bond acceptors (Lipinski definition) is 9. The van der Waals surface area contributed by atoms with Crippen molar-refractivity contribution in [3.63, 3.8) is 0 Å². The van der Waals surface area contributed by atoms with E-state index >= 15 is 0 Å². The van der Waals surface area contributed by atoms with Gasteiger partial charge in [-0.05, 0) is 71.8 Å². The quantitative estimate of drug-likeness (QED) is 0.0341. The van der Waals surface area contributed by atoms with Crippen LogP contribution in [0.2, 0.25) is 0 Å². The van der Waals surface area contributed by atoms with Crippen LogP contribution in [-0.2, 0) is 19.7 Å². The Labute approximate surface area is 337 Å². The summed E-state index contributed by atoms with van der Waals surface area (Å²) in [7, 11) is -8.62. The molecule has 0 saturated carbocycles. The first kappa shape index (κ1) is 43.3. The fourth-order valence-corrected chi connectivity index (χ4v) is 6.44. The van der Waals surface area contributed by atoms with Crippen LogP contribution in [0.5, 0.6) is 11.5 Å². The summed E-state index contributed by atoms with van der Waals surface area (Å²) >= 11 is 1.38. The molecule has 1 aliphatic rings. The molecule has 2 aromatic heterocycles. The number of aliphatic imine (C=N–C) groups is 1. The molecule has 0 radical (unpaired) electrons. The molecule has 5 rings (SSSR count). The number of benzene rings is 2. The van der Waals surface area contributed by atoms with E-state index in [1.165, 1.54) is 11.3 Å². The van der Waals surface area contributed by atoms with Gasteiger partial charge in [-0.2, -0.15) is 8.78 Å². The number of esters is 1. The molecule has 282 valence electrons. The third-order valence-corrected chi connectivity index (χ3v) is 9.39. The van der Waals surface area contributed by atoms with E-state index in [1.54, 1.807) is 66.9 Å². The SMILES string of the molecule is O=C(COc1ccc(/C=C/C2=CC(=C/c3ccc(-c4cccs4)n3B(F)F)/N=C2)cc1)NCCCCCC(=O)Oc1c(F)c(F)c(S(=O)(=O)[O-])c(F)c1F.[Na+]. The third-order valence-electron chi connectivity index (χ3n) is 7.64. The number of carbonyl (C=O) groups is 2. The van der Waals surface area contributed by atoms with Crippen LogP contribution in [0.15, 0.2) is 87.2 Å². The maximum Gasteiger partial charge on any atom is 1.00 e. The zero-order chi connectivity index (χ0) is 39.0. The van der Waals surface area contributed by atoms with Crippen molar-refractivity contribution in [2.24, 2.45) is 4.99 Å². The standard InChI is InChI=1S/C35H28BF6N3O7S2.Na/c37-30-32(39)35(54(48,49)50)33(40)31(38)34(30)52-29(47)6-2-1-3-15-43-28(46)20-51-25-12-9-21(10-13-25)7-8-22-17-23(44-19-22)18-24-11-14-26(45(24)36(41)42)27-5-4-16-53-27;/h4-5,7-14,16-19H,1-3,6,15,20H2,(H,43,46)(H,48,49,50);/q;+1/p-1/b8-7+,23-18-;. The second kappa shape index (κ2) is 19.5. The van der Waals surface area contributed by atoms with Crippen LogP contribution in [0, 0.1) is 23.3 Å². The Morgan fingerprint density at radius 2 is 1.65 bits per heavy atom. The Morgan fingerprint density at radius 3 is 2.29 bits per heavy atom. The van der Waals surface area contributed by atoms with Gasteiger partial charge in [0.25, 0.3) is 5.91 Å². The average Bonchev–Trinajstić information content (AvgIpc) is 3.91. The fourth-order valence-electron chi connectivity index (χ4n) is 5.07. The second-order valence-corrected chi connectivity index (χ2v) is 13.7. The minimum Gasteiger partial charge on any atom is -0.744 e. The molecule has 0 unspecified atom stereocenters. The van der Waals surface area contributed by atoms with Crippen molar-refractivity contribution in [2.45, 2.75) is 30.6 Å². The molecule has 55 heavy (non-hydrogen) atoms. The number of rotatable bonds is 16. The van der Waals surface area contributed by atoms with Crippen LogP contribution < -0.4 is 44.3 Å². The van der Waals surface area contributed by atoms with Gasteiger partial charge in [-0.1, -0.05) is 36.8 Å². The average molecular weight is 814 g/mol.